The van der Waals surface area contributed by atoms with Crippen LogP contribution in [0.4, 0.5) is 22.7 Å². The first-order chi connectivity index (χ1) is 33.6. The fourth-order valence-corrected chi connectivity index (χ4v) is 8.74. The van der Waals surface area contributed by atoms with Crippen LogP contribution >= 0.6 is 0 Å². The summed E-state index contributed by atoms with van der Waals surface area (Å²) in [5.74, 6) is 1.60. The van der Waals surface area contributed by atoms with Crippen molar-refractivity contribution in [3.8, 4) is 39.6 Å². The van der Waals surface area contributed by atoms with Gasteiger partial charge in [-0.1, -0.05) is 153 Å². The van der Waals surface area contributed by atoms with Crippen LogP contribution in [0.3, 0.4) is 0 Å². The van der Waals surface area contributed by atoms with E-state index in [0.717, 1.165) is 55.7 Å². The summed E-state index contributed by atoms with van der Waals surface area (Å²) in [6.45, 7) is 24.2. The Morgan fingerprint density at radius 3 is 1.97 bits per heavy atom. The first-order valence-corrected chi connectivity index (χ1v) is 22.6. The van der Waals surface area contributed by atoms with Gasteiger partial charge in [0.25, 0.3) is 0 Å². The van der Waals surface area contributed by atoms with E-state index in [0.29, 0.717) is 28.4 Å². The standard InChI is InChI=1S/C61H57N4O.Pt/c1-40-30-58(62-38-53(40)42-20-15-12-16-21-42)65-54-29-25-44(59(2,3)4)35-52(54)51-27-26-50(37-56(51)65)66-49-23-17-22-47(36-49)63-39-64(48-33-45(60(5,6)7)32-46(34-48)61(8,9)10)55-28-24-43(31-57(55)63)41-18-13-11-14-19-41;/h11-35,38-39H,1-10H3;/q-3;/i12D,15D,16D,20D,21D;. The minimum absolute atomic E-state index is 0. The second-order valence-corrected chi connectivity index (χ2v) is 20.5. The third kappa shape index (κ3) is 8.83. The molecule has 6 heteroatoms. The van der Waals surface area contributed by atoms with Gasteiger partial charge in [0.2, 0.25) is 0 Å². The molecule has 0 saturated heterocycles. The maximum Gasteiger partial charge on any atom is 0.135 e. The Bertz CT molecular complexity index is 3530. The van der Waals surface area contributed by atoms with Gasteiger partial charge in [-0.3, -0.25) is 0 Å². The molecule has 0 fully saturated rings. The summed E-state index contributed by atoms with van der Waals surface area (Å²) in [6.07, 6.45) is 1.60. The van der Waals surface area contributed by atoms with Crippen LogP contribution in [0.2, 0.25) is 0 Å². The van der Waals surface area contributed by atoms with E-state index >= 15 is 0 Å². The number of nitrogens with zero attached hydrogens (tertiary/aromatic N) is 4. The number of fused-ring (bicyclic) bond motifs is 4. The molecule has 1 aliphatic rings. The topological polar surface area (TPSA) is 33.5 Å². The summed E-state index contributed by atoms with van der Waals surface area (Å²) in [5, 5.41) is 2.00. The predicted octanol–water partition coefficient (Wildman–Crippen LogP) is 16.5. The quantitative estimate of drug-likeness (QED) is 0.149. The Balaban J connectivity index is 0.00000640. The van der Waals surface area contributed by atoms with Gasteiger partial charge in [-0.25, -0.2) is 4.98 Å². The number of hydrogen-bond acceptors (Lipinski definition) is 4. The molecular formula is C61H57N4OPt-3. The molecule has 0 aliphatic carbocycles. The van der Waals surface area contributed by atoms with E-state index in [9.17, 15) is 0 Å². The third-order valence-corrected chi connectivity index (χ3v) is 12.6. The van der Waals surface area contributed by atoms with Crippen molar-refractivity contribution in [1.29, 1.82) is 0 Å². The van der Waals surface area contributed by atoms with E-state index in [-0.39, 0.29) is 67.0 Å². The molecule has 3 heterocycles. The Morgan fingerprint density at radius 2 is 1.28 bits per heavy atom. The summed E-state index contributed by atoms with van der Waals surface area (Å²) in [4.78, 5) is 9.39. The van der Waals surface area contributed by atoms with Crippen LogP contribution in [0.1, 0.15) is 91.4 Å². The SMILES string of the molecule is [2H]c1c([2H])c([2H])c(-c2cnc(-n3c4[c-]c(Oc5[c-]c(N6[CH-]N(c7cc(C(C)(C)C)cc(C(C)(C)C)c7)c7ccc(-c8ccccc8)cc76)ccc5)ccc4c4cc(C(C)(C)C)ccc43)cc2C)c([2H])c1[2H].[Pt]. The van der Waals surface area contributed by atoms with Gasteiger partial charge in [0.1, 0.15) is 5.82 Å². The average Bonchev–Trinajstić information content (AvgIpc) is 3.88. The van der Waals surface area contributed by atoms with Gasteiger partial charge < -0.3 is 19.1 Å². The van der Waals surface area contributed by atoms with Crippen LogP contribution in [0.15, 0.2) is 158 Å². The second kappa shape index (κ2) is 17.3. The molecule has 0 atom stereocenters. The molecule has 2 aromatic heterocycles. The fraction of sp³-hybridized carbons (Fsp3) is 0.213. The molecule has 0 radical (unpaired) electrons. The third-order valence-electron chi connectivity index (χ3n) is 12.6. The Labute approximate surface area is 418 Å². The van der Waals surface area contributed by atoms with E-state index in [4.69, 9.17) is 16.6 Å². The number of anilines is 4. The summed E-state index contributed by atoms with van der Waals surface area (Å²) in [5.41, 5.74) is 12.7. The van der Waals surface area contributed by atoms with Gasteiger partial charge in [-0.2, -0.15) is 12.1 Å². The van der Waals surface area contributed by atoms with Gasteiger partial charge >= 0.3 is 0 Å². The van der Waals surface area contributed by atoms with Crippen molar-refractivity contribution in [3.05, 3.63) is 199 Å². The number of aromatic nitrogens is 2. The largest absolute Gasteiger partial charge is 0.509 e. The molecule has 7 aromatic carbocycles. The number of rotatable bonds is 7. The molecule has 5 nitrogen and oxygen atoms in total. The van der Waals surface area contributed by atoms with Gasteiger partial charge in [0.15, 0.2) is 0 Å². The smallest absolute Gasteiger partial charge is 0.135 e. The fourth-order valence-electron chi connectivity index (χ4n) is 8.74. The van der Waals surface area contributed by atoms with Crippen LogP contribution < -0.4 is 14.5 Å². The minimum atomic E-state index is -0.431. The monoisotopic (exact) mass is 1060 g/mol. The zero-order chi connectivity index (χ0) is 50.5. The summed E-state index contributed by atoms with van der Waals surface area (Å²) in [6, 6.07) is 47.9. The maximum atomic E-state index is 8.66. The van der Waals surface area contributed by atoms with Crippen molar-refractivity contribution < 1.29 is 32.7 Å². The molecule has 0 bridgehead atoms. The van der Waals surface area contributed by atoms with E-state index in [1.165, 1.54) is 16.7 Å². The Kier molecular flexibility index (Phi) is 10.3. The summed E-state index contributed by atoms with van der Waals surface area (Å²) in [7, 11) is 0. The zero-order valence-corrected chi connectivity index (χ0v) is 42.0. The first kappa shape index (κ1) is 39.7. The molecule has 10 rings (SSSR count). The Morgan fingerprint density at radius 1 is 0.582 bits per heavy atom. The number of ether oxygens (including phenoxy) is 1. The molecule has 340 valence electrons. The van der Waals surface area contributed by atoms with Crippen molar-refractivity contribution in [2.45, 2.75) is 85.5 Å². The van der Waals surface area contributed by atoms with E-state index < -0.39 is 6.04 Å². The molecule has 9 aromatic rings. The van der Waals surface area contributed by atoms with Crippen molar-refractivity contribution >= 4 is 44.6 Å². The molecule has 0 saturated carbocycles. The van der Waals surface area contributed by atoms with E-state index in [2.05, 4.69) is 186 Å². The molecule has 0 unspecified atom stereocenters. The molecule has 1 aliphatic heterocycles. The summed E-state index contributed by atoms with van der Waals surface area (Å²) < 4.78 is 50.8. The van der Waals surface area contributed by atoms with Crippen LogP contribution in [0.5, 0.6) is 11.5 Å². The number of aryl methyl sites for hydroxylation is 1. The molecule has 0 amide bonds. The van der Waals surface area contributed by atoms with Gasteiger partial charge in [0.05, 0.1) is 6.85 Å². The van der Waals surface area contributed by atoms with Crippen LogP contribution in [-0.4, -0.2) is 9.55 Å². The maximum absolute atomic E-state index is 8.66. The average molecular weight is 1060 g/mol. The van der Waals surface area contributed by atoms with Crippen molar-refractivity contribution in [3.63, 3.8) is 0 Å². The molecule has 0 spiro atoms. The molecule has 67 heavy (non-hydrogen) atoms. The Hall–Kier alpha value is -6.42. The normalized spacial score (nSPS) is 14.0. The van der Waals surface area contributed by atoms with Crippen LogP contribution in [0.25, 0.3) is 49.9 Å². The van der Waals surface area contributed by atoms with Crippen molar-refractivity contribution in [2.75, 3.05) is 9.80 Å². The van der Waals surface area contributed by atoms with Crippen LogP contribution in [-0.2, 0) is 37.3 Å². The number of benzene rings is 7. The number of hydrogen-bond donors (Lipinski definition) is 0. The first-order valence-electron chi connectivity index (χ1n) is 25.1. The minimum Gasteiger partial charge on any atom is -0.509 e. The van der Waals surface area contributed by atoms with Gasteiger partial charge in [-0.15, -0.1) is 48.1 Å². The molecule has 0 N–H and O–H groups in total. The predicted molar refractivity (Wildman–Crippen MR) is 276 cm³/mol. The van der Waals surface area contributed by atoms with Crippen molar-refractivity contribution in [1.82, 2.24) is 9.55 Å². The second-order valence-electron chi connectivity index (χ2n) is 20.5. The van der Waals surface area contributed by atoms with E-state index in [1.807, 2.05) is 37.3 Å². The van der Waals surface area contributed by atoms with Gasteiger partial charge in [0, 0.05) is 66.9 Å². The van der Waals surface area contributed by atoms with E-state index in [1.54, 1.807) is 6.20 Å². The van der Waals surface area contributed by atoms with Crippen LogP contribution in [0, 0.1) is 25.7 Å². The molecular weight excluding hydrogens is 1000 g/mol. The zero-order valence-electron chi connectivity index (χ0n) is 44.7. The van der Waals surface area contributed by atoms with Crippen molar-refractivity contribution in [2.24, 2.45) is 0 Å². The number of pyridine rings is 1. The summed E-state index contributed by atoms with van der Waals surface area (Å²) >= 11 is 0. The van der Waals surface area contributed by atoms with Gasteiger partial charge in [-0.05, 0) is 104 Å².